The molecule has 0 rings (SSSR count). The highest BCUT2D eigenvalue weighted by atomic mass is 16.5. The fraction of sp³-hybridized carbons (Fsp3) is 0.556. The summed E-state index contributed by atoms with van der Waals surface area (Å²) >= 11 is 0. The van der Waals surface area contributed by atoms with Gasteiger partial charge in [-0.25, -0.2) is 0 Å². The van der Waals surface area contributed by atoms with Gasteiger partial charge >= 0.3 is 5.97 Å². The minimum absolute atomic E-state index is 0.196. The van der Waals surface area contributed by atoms with Crippen LogP contribution in [0.3, 0.4) is 0 Å². The zero-order chi connectivity index (χ0) is 9.82. The molecule has 0 heterocycles. The fourth-order valence-corrected chi connectivity index (χ4v) is 0.575. The van der Waals surface area contributed by atoms with E-state index in [2.05, 4.69) is 17.9 Å². The summed E-state index contributed by atoms with van der Waals surface area (Å²) in [5.74, 6) is -0.196. The van der Waals surface area contributed by atoms with Gasteiger partial charge < -0.3 is 4.74 Å². The van der Waals surface area contributed by atoms with Crippen molar-refractivity contribution in [1.82, 2.24) is 0 Å². The molecule has 0 aromatic carbocycles. The number of methoxy groups -OCH3 is 1. The zero-order valence-electron chi connectivity index (χ0n) is 7.51. The summed E-state index contributed by atoms with van der Waals surface area (Å²) in [4.78, 5) is 10.5. The predicted molar refractivity (Wildman–Crippen MR) is 47.4 cm³/mol. The summed E-state index contributed by atoms with van der Waals surface area (Å²) in [6.07, 6.45) is 2.49. The van der Waals surface area contributed by atoms with Gasteiger partial charge in [-0.15, -0.1) is 13.2 Å². The van der Waals surface area contributed by atoms with Crippen LogP contribution in [0.15, 0.2) is 13.2 Å². The van der Waals surface area contributed by atoms with Gasteiger partial charge in [0, 0.05) is 12.8 Å². The van der Waals surface area contributed by atoms with Gasteiger partial charge in [0.25, 0.3) is 0 Å². The summed E-state index contributed by atoms with van der Waals surface area (Å²) in [5, 5.41) is 8.12. The fourth-order valence-electron chi connectivity index (χ4n) is 0.575. The van der Waals surface area contributed by atoms with E-state index in [1.165, 1.54) is 7.11 Å². The van der Waals surface area contributed by atoms with Crippen molar-refractivity contribution in [2.24, 2.45) is 0 Å². The van der Waals surface area contributed by atoms with Crippen LogP contribution in [0, 0.1) is 11.3 Å². The molecule has 12 heavy (non-hydrogen) atoms. The number of hydrogen-bond donors (Lipinski definition) is 0. The number of rotatable bonds is 4. The van der Waals surface area contributed by atoms with Gasteiger partial charge in [-0.05, 0) is 12.8 Å². The van der Waals surface area contributed by atoms with Crippen molar-refractivity contribution in [3.8, 4) is 6.07 Å². The Bertz CT molecular complexity index is 149. The molecule has 0 N–H and O–H groups in total. The van der Waals surface area contributed by atoms with Gasteiger partial charge in [0.15, 0.2) is 0 Å². The van der Waals surface area contributed by atoms with E-state index in [0.717, 1.165) is 12.8 Å². The Kier molecular flexibility index (Phi) is 13.7. The smallest absolute Gasteiger partial charge is 0.305 e. The molecule has 0 amide bonds. The SMILES string of the molecule is C=C.COC(=O)CCCCC#N. The molecule has 0 fully saturated rings. The second-order valence-corrected chi connectivity index (χ2v) is 1.94. The van der Waals surface area contributed by atoms with Gasteiger partial charge in [0.1, 0.15) is 0 Å². The molecule has 0 unspecified atom stereocenters. The van der Waals surface area contributed by atoms with E-state index in [1.54, 1.807) is 0 Å². The molecule has 0 saturated heterocycles. The van der Waals surface area contributed by atoms with E-state index in [1.807, 2.05) is 6.07 Å². The summed E-state index contributed by atoms with van der Waals surface area (Å²) in [5.41, 5.74) is 0. The molecule has 0 aliphatic heterocycles. The number of hydrogen-bond acceptors (Lipinski definition) is 3. The van der Waals surface area contributed by atoms with E-state index in [-0.39, 0.29) is 5.97 Å². The number of esters is 1. The minimum Gasteiger partial charge on any atom is -0.469 e. The lowest BCUT2D eigenvalue weighted by Gasteiger charge is -1.95. The number of nitriles is 1. The van der Waals surface area contributed by atoms with Gasteiger partial charge in [0.2, 0.25) is 0 Å². The van der Waals surface area contributed by atoms with Crippen molar-refractivity contribution in [3.63, 3.8) is 0 Å². The predicted octanol–water partition coefficient (Wildman–Crippen LogP) is 2.05. The first-order valence-electron chi connectivity index (χ1n) is 3.75. The largest absolute Gasteiger partial charge is 0.469 e. The maximum absolute atomic E-state index is 10.5. The van der Waals surface area contributed by atoms with E-state index >= 15 is 0 Å². The van der Waals surface area contributed by atoms with Crippen molar-refractivity contribution >= 4 is 5.97 Å². The molecule has 0 bridgehead atoms. The van der Waals surface area contributed by atoms with E-state index in [4.69, 9.17) is 5.26 Å². The van der Waals surface area contributed by atoms with E-state index < -0.39 is 0 Å². The Morgan fingerprint density at radius 2 is 2.08 bits per heavy atom. The Balaban J connectivity index is 0. The minimum atomic E-state index is -0.196. The summed E-state index contributed by atoms with van der Waals surface area (Å²) in [7, 11) is 1.37. The second kappa shape index (κ2) is 12.4. The molecule has 0 aliphatic rings. The van der Waals surface area contributed by atoms with Crippen LogP contribution >= 0.6 is 0 Å². The molecular weight excluding hydrogens is 154 g/mol. The maximum atomic E-state index is 10.5. The van der Waals surface area contributed by atoms with Crippen LogP contribution in [0.1, 0.15) is 25.7 Å². The van der Waals surface area contributed by atoms with Crippen LogP contribution in [0.2, 0.25) is 0 Å². The number of ether oxygens (including phenoxy) is 1. The van der Waals surface area contributed by atoms with Gasteiger partial charge in [0.05, 0.1) is 13.2 Å². The van der Waals surface area contributed by atoms with E-state index in [0.29, 0.717) is 12.8 Å². The quantitative estimate of drug-likeness (QED) is 0.367. The van der Waals surface area contributed by atoms with Crippen LogP contribution in [0.5, 0.6) is 0 Å². The molecule has 0 saturated carbocycles. The van der Waals surface area contributed by atoms with Crippen LogP contribution in [0.4, 0.5) is 0 Å². The zero-order valence-corrected chi connectivity index (χ0v) is 7.51. The average molecular weight is 169 g/mol. The Hall–Kier alpha value is -1.30. The topological polar surface area (TPSA) is 50.1 Å². The molecule has 3 heteroatoms. The Labute approximate surface area is 73.6 Å². The third kappa shape index (κ3) is 11.5. The standard InChI is InChI=1S/C7H11NO2.C2H4/c1-10-7(9)5-3-2-4-6-8;1-2/h2-5H2,1H3;1-2H2. The van der Waals surface area contributed by atoms with E-state index in [9.17, 15) is 4.79 Å². The van der Waals surface area contributed by atoms with Crippen LogP contribution in [0.25, 0.3) is 0 Å². The molecule has 0 aromatic rings. The summed E-state index contributed by atoms with van der Waals surface area (Å²) in [6, 6.07) is 2.01. The van der Waals surface area contributed by atoms with Crippen molar-refractivity contribution in [2.45, 2.75) is 25.7 Å². The van der Waals surface area contributed by atoms with Gasteiger partial charge in [-0.1, -0.05) is 0 Å². The number of unbranched alkanes of at least 4 members (excludes halogenated alkanes) is 2. The third-order valence-electron chi connectivity index (χ3n) is 1.15. The normalized spacial score (nSPS) is 7.33. The molecule has 0 aromatic heterocycles. The van der Waals surface area contributed by atoms with Crippen LogP contribution in [-0.2, 0) is 9.53 Å². The highest BCUT2D eigenvalue weighted by Crippen LogP contribution is 1.99. The highest BCUT2D eigenvalue weighted by Gasteiger charge is 1.97. The molecule has 3 nitrogen and oxygen atoms in total. The van der Waals surface area contributed by atoms with Crippen molar-refractivity contribution in [3.05, 3.63) is 13.2 Å². The maximum Gasteiger partial charge on any atom is 0.305 e. The molecule has 68 valence electrons. The number of carbonyl (C=O) groups is 1. The Morgan fingerprint density at radius 3 is 2.50 bits per heavy atom. The van der Waals surface area contributed by atoms with Crippen molar-refractivity contribution in [1.29, 1.82) is 5.26 Å². The number of carbonyl (C=O) groups excluding carboxylic acids is 1. The van der Waals surface area contributed by atoms with Crippen molar-refractivity contribution < 1.29 is 9.53 Å². The van der Waals surface area contributed by atoms with Gasteiger partial charge in [-0.3, -0.25) is 4.79 Å². The second-order valence-electron chi connectivity index (χ2n) is 1.94. The number of nitrogens with zero attached hydrogens (tertiary/aromatic N) is 1. The molecule has 0 aliphatic carbocycles. The van der Waals surface area contributed by atoms with Gasteiger partial charge in [-0.2, -0.15) is 5.26 Å². The monoisotopic (exact) mass is 169 g/mol. The first-order chi connectivity index (χ1) is 5.81. The first kappa shape index (κ1) is 13.3. The Morgan fingerprint density at radius 1 is 1.50 bits per heavy atom. The lowest BCUT2D eigenvalue weighted by Crippen LogP contribution is -1.98. The summed E-state index contributed by atoms with van der Waals surface area (Å²) < 4.78 is 4.41. The molecule has 0 spiro atoms. The highest BCUT2D eigenvalue weighted by molar-refractivity contribution is 5.68. The molecule has 0 atom stereocenters. The van der Waals surface area contributed by atoms with Crippen LogP contribution < -0.4 is 0 Å². The van der Waals surface area contributed by atoms with Crippen molar-refractivity contribution in [2.75, 3.05) is 7.11 Å². The molecule has 0 radical (unpaired) electrons. The lowest BCUT2D eigenvalue weighted by atomic mass is 10.2. The average Bonchev–Trinajstić information content (AvgIpc) is 2.15. The lowest BCUT2D eigenvalue weighted by molar-refractivity contribution is -0.140. The third-order valence-corrected chi connectivity index (χ3v) is 1.15. The van der Waals surface area contributed by atoms with Crippen LogP contribution in [-0.4, -0.2) is 13.1 Å². The first-order valence-corrected chi connectivity index (χ1v) is 3.75. The summed E-state index contributed by atoms with van der Waals surface area (Å²) in [6.45, 7) is 6.00. The molecular formula is C9H15NO2.